The SMILES string of the molecule is Cc1ccc(-c2cc[n+](C)cc2)s1. The zero-order valence-electron chi connectivity index (χ0n) is 7.82. The first-order valence-electron chi connectivity index (χ1n) is 4.28. The van der Waals surface area contributed by atoms with Gasteiger partial charge in [0.2, 0.25) is 0 Å². The Bertz CT molecular complexity index is 400. The van der Waals surface area contributed by atoms with Crippen molar-refractivity contribution in [3.63, 3.8) is 0 Å². The van der Waals surface area contributed by atoms with Crippen molar-refractivity contribution in [2.45, 2.75) is 6.92 Å². The molecule has 0 aliphatic carbocycles. The third-order valence-corrected chi connectivity index (χ3v) is 3.05. The molecule has 0 amide bonds. The van der Waals surface area contributed by atoms with Crippen LogP contribution in [0.15, 0.2) is 36.7 Å². The van der Waals surface area contributed by atoms with Crippen molar-refractivity contribution in [2.24, 2.45) is 7.05 Å². The van der Waals surface area contributed by atoms with Crippen LogP contribution >= 0.6 is 11.3 Å². The molecule has 0 aliphatic rings. The summed E-state index contributed by atoms with van der Waals surface area (Å²) in [6.07, 6.45) is 4.15. The molecule has 0 unspecified atom stereocenters. The van der Waals surface area contributed by atoms with Gasteiger partial charge in [-0.3, -0.25) is 0 Å². The van der Waals surface area contributed by atoms with Gasteiger partial charge in [0.15, 0.2) is 12.4 Å². The van der Waals surface area contributed by atoms with Crippen LogP contribution in [0.3, 0.4) is 0 Å². The van der Waals surface area contributed by atoms with Gasteiger partial charge in [0.25, 0.3) is 0 Å². The van der Waals surface area contributed by atoms with Crippen molar-refractivity contribution >= 4 is 11.3 Å². The molecular weight excluding hydrogens is 178 g/mol. The van der Waals surface area contributed by atoms with E-state index in [1.54, 1.807) is 0 Å². The molecule has 0 saturated heterocycles. The number of hydrogen-bond donors (Lipinski definition) is 0. The van der Waals surface area contributed by atoms with Crippen molar-refractivity contribution in [3.8, 4) is 10.4 Å². The van der Waals surface area contributed by atoms with E-state index in [0.29, 0.717) is 0 Å². The highest BCUT2D eigenvalue weighted by molar-refractivity contribution is 7.15. The molecule has 2 aromatic rings. The van der Waals surface area contributed by atoms with Gasteiger partial charge in [-0.15, -0.1) is 11.3 Å². The van der Waals surface area contributed by atoms with Crippen LogP contribution in [0.4, 0.5) is 0 Å². The van der Waals surface area contributed by atoms with E-state index in [1.165, 1.54) is 15.3 Å². The number of aromatic nitrogens is 1. The molecule has 0 atom stereocenters. The van der Waals surface area contributed by atoms with Gasteiger partial charge < -0.3 is 0 Å². The highest BCUT2D eigenvalue weighted by Gasteiger charge is 2.01. The molecule has 0 aromatic carbocycles. The summed E-state index contributed by atoms with van der Waals surface area (Å²) >= 11 is 1.84. The van der Waals surface area contributed by atoms with E-state index in [0.717, 1.165) is 0 Å². The molecule has 0 N–H and O–H groups in total. The summed E-state index contributed by atoms with van der Waals surface area (Å²) in [6.45, 7) is 2.14. The summed E-state index contributed by atoms with van der Waals surface area (Å²) in [4.78, 5) is 2.71. The van der Waals surface area contributed by atoms with Crippen molar-refractivity contribution < 1.29 is 4.57 Å². The number of pyridine rings is 1. The Morgan fingerprint density at radius 1 is 1.08 bits per heavy atom. The first kappa shape index (κ1) is 8.45. The highest BCUT2D eigenvalue weighted by Crippen LogP contribution is 2.26. The fourth-order valence-electron chi connectivity index (χ4n) is 1.25. The summed E-state index contributed by atoms with van der Waals surface area (Å²) in [7, 11) is 2.03. The maximum atomic E-state index is 2.18. The molecular formula is C11H12NS+. The zero-order chi connectivity index (χ0) is 9.26. The lowest BCUT2D eigenvalue weighted by Crippen LogP contribution is -2.25. The molecule has 0 spiro atoms. The second-order valence-corrected chi connectivity index (χ2v) is 4.45. The Morgan fingerprint density at radius 3 is 2.31 bits per heavy atom. The quantitative estimate of drug-likeness (QED) is 0.608. The molecule has 0 saturated carbocycles. The molecule has 0 aliphatic heterocycles. The lowest BCUT2D eigenvalue weighted by Gasteiger charge is -1.93. The fraction of sp³-hybridized carbons (Fsp3) is 0.182. The topological polar surface area (TPSA) is 3.88 Å². The molecule has 2 heteroatoms. The largest absolute Gasteiger partial charge is 0.208 e. The molecule has 2 rings (SSSR count). The van der Waals surface area contributed by atoms with Gasteiger partial charge >= 0.3 is 0 Å². The van der Waals surface area contributed by atoms with Crippen LogP contribution in [-0.4, -0.2) is 0 Å². The van der Waals surface area contributed by atoms with E-state index in [1.807, 2.05) is 23.0 Å². The number of nitrogens with zero attached hydrogens (tertiary/aromatic N) is 1. The highest BCUT2D eigenvalue weighted by atomic mass is 32.1. The lowest BCUT2D eigenvalue weighted by molar-refractivity contribution is -0.671. The lowest BCUT2D eigenvalue weighted by atomic mass is 10.2. The average molecular weight is 190 g/mol. The van der Waals surface area contributed by atoms with Gasteiger partial charge in [-0.25, -0.2) is 4.57 Å². The van der Waals surface area contributed by atoms with Crippen molar-refractivity contribution in [2.75, 3.05) is 0 Å². The Morgan fingerprint density at radius 2 is 1.77 bits per heavy atom. The molecule has 0 bridgehead atoms. The maximum absolute atomic E-state index is 2.18. The number of thiophene rings is 1. The first-order valence-corrected chi connectivity index (χ1v) is 5.09. The molecule has 66 valence electrons. The standard InChI is InChI=1S/C11H12NS/c1-9-3-4-11(13-9)10-5-7-12(2)8-6-10/h3-8H,1-2H3/q+1. The molecule has 13 heavy (non-hydrogen) atoms. The Kier molecular flexibility index (Phi) is 2.15. The van der Waals surface area contributed by atoms with Crippen molar-refractivity contribution in [1.82, 2.24) is 0 Å². The summed E-state index contributed by atoms with van der Waals surface area (Å²) in [5.74, 6) is 0. The van der Waals surface area contributed by atoms with Gasteiger partial charge in [-0.1, -0.05) is 0 Å². The summed E-state index contributed by atoms with van der Waals surface area (Å²) in [6, 6.07) is 8.62. The van der Waals surface area contributed by atoms with E-state index in [2.05, 4.69) is 43.6 Å². The normalized spacial score (nSPS) is 10.3. The minimum absolute atomic E-state index is 1.30. The Labute approximate surface area is 82.3 Å². The minimum Gasteiger partial charge on any atom is -0.208 e. The first-order chi connectivity index (χ1) is 6.25. The number of hydrogen-bond acceptors (Lipinski definition) is 1. The van der Waals surface area contributed by atoms with E-state index in [4.69, 9.17) is 0 Å². The van der Waals surface area contributed by atoms with Crippen LogP contribution in [0.25, 0.3) is 10.4 Å². The molecule has 1 nitrogen and oxygen atoms in total. The van der Waals surface area contributed by atoms with Crippen LogP contribution in [-0.2, 0) is 7.05 Å². The third kappa shape index (κ3) is 1.78. The van der Waals surface area contributed by atoms with Gasteiger partial charge in [0, 0.05) is 27.5 Å². The third-order valence-electron chi connectivity index (χ3n) is 2.00. The molecule has 2 heterocycles. The summed E-state index contributed by atoms with van der Waals surface area (Å²) < 4.78 is 2.05. The number of aryl methyl sites for hydroxylation is 2. The second-order valence-electron chi connectivity index (χ2n) is 3.16. The Hall–Kier alpha value is -1.15. The van der Waals surface area contributed by atoms with Crippen LogP contribution in [0.1, 0.15) is 4.88 Å². The molecule has 2 aromatic heterocycles. The van der Waals surface area contributed by atoms with Gasteiger partial charge in [-0.05, 0) is 19.1 Å². The van der Waals surface area contributed by atoms with E-state index in [-0.39, 0.29) is 0 Å². The van der Waals surface area contributed by atoms with Gasteiger partial charge in [0.05, 0.1) is 0 Å². The van der Waals surface area contributed by atoms with Crippen LogP contribution in [0.5, 0.6) is 0 Å². The summed E-state index contributed by atoms with van der Waals surface area (Å²) in [5.41, 5.74) is 1.30. The van der Waals surface area contributed by atoms with E-state index < -0.39 is 0 Å². The average Bonchev–Trinajstić information content (AvgIpc) is 2.53. The van der Waals surface area contributed by atoms with Crippen LogP contribution in [0, 0.1) is 6.92 Å². The predicted molar refractivity (Wildman–Crippen MR) is 55.7 cm³/mol. The van der Waals surface area contributed by atoms with Crippen LogP contribution < -0.4 is 4.57 Å². The zero-order valence-corrected chi connectivity index (χ0v) is 8.64. The number of rotatable bonds is 1. The Balaban J connectivity index is 2.41. The summed E-state index contributed by atoms with van der Waals surface area (Å²) in [5, 5.41) is 0. The van der Waals surface area contributed by atoms with E-state index in [9.17, 15) is 0 Å². The van der Waals surface area contributed by atoms with E-state index >= 15 is 0 Å². The second kappa shape index (κ2) is 3.30. The van der Waals surface area contributed by atoms with Gasteiger partial charge in [0.1, 0.15) is 7.05 Å². The van der Waals surface area contributed by atoms with Crippen molar-refractivity contribution in [1.29, 1.82) is 0 Å². The monoisotopic (exact) mass is 190 g/mol. The van der Waals surface area contributed by atoms with Crippen LogP contribution in [0.2, 0.25) is 0 Å². The molecule has 0 fully saturated rings. The minimum atomic E-state index is 1.30. The maximum Gasteiger partial charge on any atom is 0.169 e. The van der Waals surface area contributed by atoms with Gasteiger partial charge in [-0.2, -0.15) is 0 Å². The van der Waals surface area contributed by atoms with Crippen molar-refractivity contribution in [3.05, 3.63) is 41.5 Å². The molecule has 0 radical (unpaired) electrons. The smallest absolute Gasteiger partial charge is 0.169 e. The predicted octanol–water partition coefficient (Wildman–Crippen LogP) is 2.55. The fourth-order valence-corrected chi connectivity index (χ4v) is 2.13.